The predicted octanol–water partition coefficient (Wildman–Crippen LogP) is 2.03. The highest BCUT2D eigenvalue weighted by Crippen LogP contribution is 2.40. The normalized spacial score (nSPS) is 18.0. The molecule has 0 radical (unpaired) electrons. The van der Waals surface area contributed by atoms with Crippen LogP contribution >= 0.6 is 0 Å². The Bertz CT molecular complexity index is 705. The summed E-state index contributed by atoms with van der Waals surface area (Å²) in [7, 11) is 0. The van der Waals surface area contributed by atoms with Crippen LogP contribution in [0.2, 0.25) is 0 Å². The van der Waals surface area contributed by atoms with Gasteiger partial charge in [-0.3, -0.25) is 4.21 Å². The summed E-state index contributed by atoms with van der Waals surface area (Å²) in [5.41, 5.74) is 1.38. The second-order valence-corrected chi connectivity index (χ2v) is 7.26. The van der Waals surface area contributed by atoms with E-state index < -0.39 is 22.7 Å². The third kappa shape index (κ3) is 3.85. The van der Waals surface area contributed by atoms with Crippen molar-refractivity contribution in [3.8, 4) is 0 Å². The predicted molar refractivity (Wildman–Crippen MR) is 88.3 cm³/mol. The Morgan fingerprint density at radius 3 is 2.54 bits per heavy atom. The molecule has 1 aromatic rings. The van der Waals surface area contributed by atoms with Crippen LogP contribution in [0.4, 0.5) is 0 Å². The maximum absolute atomic E-state index is 12.1. The number of esters is 1. The second-order valence-electron chi connectivity index (χ2n) is 6.36. The fraction of sp³-hybridized carbons (Fsp3) is 0.471. The van der Waals surface area contributed by atoms with E-state index in [0.717, 1.165) is 0 Å². The molecule has 2 rings (SSSR count). The number of carbonyl (C=O) groups is 1. The van der Waals surface area contributed by atoms with Gasteiger partial charge in [0, 0.05) is 5.75 Å². The lowest BCUT2D eigenvalue weighted by Gasteiger charge is -2.22. The molecule has 1 heterocycles. The van der Waals surface area contributed by atoms with Gasteiger partial charge in [-0.25, -0.2) is 4.79 Å². The molecule has 24 heavy (non-hydrogen) atoms. The van der Waals surface area contributed by atoms with Gasteiger partial charge in [0.15, 0.2) is 0 Å². The molecule has 6 nitrogen and oxygen atoms in total. The third-order valence-electron chi connectivity index (χ3n) is 3.65. The smallest absolute Gasteiger partial charge is 0.374 e. The minimum absolute atomic E-state index is 0.152. The van der Waals surface area contributed by atoms with Crippen LogP contribution in [-0.2, 0) is 37.7 Å². The fourth-order valence-electron chi connectivity index (χ4n) is 2.72. The molecule has 1 aliphatic heterocycles. The van der Waals surface area contributed by atoms with Crippen LogP contribution in [0.25, 0.3) is 5.57 Å². The van der Waals surface area contributed by atoms with Crippen LogP contribution in [0.15, 0.2) is 24.0 Å². The summed E-state index contributed by atoms with van der Waals surface area (Å²) in [4.78, 5) is 12.1. The van der Waals surface area contributed by atoms with Crippen molar-refractivity contribution in [2.75, 3.05) is 0 Å². The molecule has 1 atom stereocenters. The first-order chi connectivity index (χ1) is 11.2. The number of aliphatic hydroxyl groups is 1. The standard InChI is InChI=1S/C17H22O6S/c1-10(2)22-15-14(17(3,4)23-16(15)19)11-5-6-12(9-24(20)21)13(7-11)8-18/h5-7,10,18H,8-9H2,1-4H3,(H,20,21)/p-1. The molecule has 0 saturated carbocycles. The van der Waals surface area contributed by atoms with Crippen molar-refractivity contribution in [1.82, 2.24) is 0 Å². The Kier molecular flexibility index (Phi) is 5.47. The van der Waals surface area contributed by atoms with Crippen LogP contribution in [0.3, 0.4) is 0 Å². The van der Waals surface area contributed by atoms with Gasteiger partial charge in [0.1, 0.15) is 5.60 Å². The number of aliphatic hydroxyl groups excluding tert-OH is 1. The van der Waals surface area contributed by atoms with E-state index in [1.807, 2.05) is 13.8 Å². The Hall–Kier alpha value is -1.70. The summed E-state index contributed by atoms with van der Waals surface area (Å²) in [6.07, 6.45) is -0.198. The minimum Gasteiger partial charge on any atom is -0.772 e. The molecule has 0 aliphatic carbocycles. The number of benzene rings is 1. The monoisotopic (exact) mass is 353 g/mol. The first kappa shape index (κ1) is 18.6. The van der Waals surface area contributed by atoms with E-state index in [9.17, 15) is 18.7 Å². The summed E-state index contributed by atoms with van der Waals surface area (Å²) in [6.45, 7) is 6.85. The molecule has 132 valence electrons. The Morgan fingerprint density at radius 1 is 1.33 bits per heavy atom. The minimum atomic E-state index is -2.25. The van der Waals surface area contributed by atoms with Crippen molar-refractivity contribution in [3.63, 3.8) is 0 Å². The zero-order valence-electron chi connectivity index (χ0n) is 14.1. The maximum Gasteiger partial charge on any atom is 0.374 e. The lowest BCUT2D eigenvalue weighted by molar-refractivity contribution is -0.147. The maximum atomic E-state index is 12.1. The van der Waals surface area contributed by atoms with E-state index in [0.29, 0.717) is 22.3 Å². The molecule has 0 bridgehead atoms. The fourth-order valence-corrected chi connectivity index (χ4v) is 3.26. The molecular formula is C17H21O6S-. The topological polar surface area (TPSA) is 95.9 Å². The van der Waals surface area contributed by atoms with Crippen LogP contribution in [0.1, 0.15) is 44.4 Å². The number of cyclic esters (lactones) is 1. The summed E-state index contributed by atoms with van der Waals surface area (Å²) in [5.74, 6) is -0.554. The van der Waals surface area contributed by atoms with Gasteiger partial charge in [0.2, 0.25) is 5.76 Å². The van der Waals surface area contributed by atoms with Crippen LogP contribution in [0, 0.1) is 0 Å². The van der Waals surface area contributed by atoms with Gasteiger partial charge in [-0.15, -0.1) is 0 Å². The van der Waals surface area contributed by atoms with E-state index in [1.165, 1.54) is 0 Å². The first-order valence-corrected chi connectivity index (χ1v) is 8.83. The van der Waals surface area contributed by atoms with Gasteiger partial charge in [-0.05, 0) is 50.5 Å². The Labute approximate surface area is 143 Å². The molecule has 1 aromatic carbocycles. The molecule has 0 saturated heterocycles. The average Bonchev–Trinajstić information content (AvgIpc) is 2.67. The van der Waals surface area contributed by atoms with Crippen molar-refractivity contribution in [1.29, 1.82) is 0 Å². The van der Waals surface area contributed by atoms with Gasteiger partial charge >= 0.3 is 5.97 Å². The van der Waals surface area contributed by atoms with E-state index in [1.54, 1.807) is 32.0 Å². The molecule has 1 N–H and O–H groups in total. The van der Waals surface area contributed by atoms with E-state index in [4.69, 9.17) is 9.47 Å². The highest BCUT2D eigenvalue weighted by atomic mass is 32.2. The molecular weight excluding hydrogens is 332 g/mol. The Morgan fingerprint density at radius 2 is 2.00 bits per heavy atom. The second kappa shape index (κ2) is 7.04. The van der Waals surface area contributed by atoms with Gasteiger partial charge < -0.3 is 19.1 Å². The van der Waals surface area contributed by atoms with Crippen molar-refractivity contribution in [2.45, 2.75) is 51.8 Å². The summed E-state index contributed by atoms with van der Waals surface area (Å²) in [5, 5.41) is 9.55. The van der Waals surface area contributed by atoms with Crippen LogP contribution < -0.4 is 0 Å². The molecule has 7 heteroatoms. The van der Waals surface area contributed by atoms with Crippen molar-refractivity contribution < 1.29 is 28.1 Å². The molecule has 0 aromatic heterocycles. The molecule has 0 fully saturated rings. The quantitative estimate of drug-likeness (QED) is 0.621. The highest BCUT2D eigenvalue weighted by molar-refractivity contribution is 7.78. The molecule has 1 aliphatic rings. The van der Waals surface area contributed by atoms with Gasteiger partial charge in [0.25, 0.3) is 0 Å². The van der Waals surface area contributed by atoms with Gasteiger partial charge in [0.05, 0.1) is 18.3 Å². The highest BCUT2D eigenvalue weighted by Gasteiger charge is 2.43. The number of rotatable bonds is 6. The zero-order valence-corrected chi connectivity index (χ0v) is 14.9. The lowest BCUT2D eigenvalue weighted by atomic mass is 9.90. The summed E-state index contributed by atoms with van der Waals surface area (Å²) >= 11 is -2.25. The van der Waals surface area contributed by atoms with Crippen molar-refractivity contribution in [2.24, 2.45) is 0 Å². The number of hydrogen-bond acceptors (Lipinski definition) is 6. The van der Waals surface area contributed by atoms with E-state index in [2.05, 4.69) is 0 Å². The van der Waals surface area contributed by atoms with E-state index >= 15 is 0 Å². The largest absolute Gasteiger partial charge is 0.772 e. The zero-order chi connectivity index (χ0) is 18.1. The van der Waals surface area contributed by atoms with Gasteiger partial charge in [-0.2, -0.15) is 0 Å². The molecule has 0 amide bonds. The number of ether oxygens (including phenoxy) is 2. The number of hydrogen-bond donors (Lipinski definition) is 1. The summed E-state index contributed by atoms with van der Waals surface area (Å²) in [6, 6.07) is 5.02. The van der Waals surface area contributed by atoms with Gasteiger partial charge in [-0.1, -0.05) is 23.2 Å². The third-order valence-corrected chi connectivity index (χ3v) is 4.20. The Balaban J connectivity index is 2.56. The average molecular weight is 353 g/mol. The molecule has 1 unspecified atom stereocenters. The van der Waals surface area contributed by atoms with Crippen molar-refractivity contribution >= 4 is 22.6 Å². The summed E-state index contributed by atoms with van der Waals surface area (Å²) < 4.78 is 32.9. The SMILES string of the molecule is CC(C)OC1=C(c2ccc(CS(=O)[O-])c(CO)c2)C(C)(C)OC1=O. The van der Waals surface area contributed by atoms with E-state index in [-0.39, 0.29) is 24.2 Å². The first-order valence-electron chi connectivity index (χ1n) is 7.59. The van der Waals surface area contributed by atoms with Crippen LogP contribution in [-0.4, -0.2) is 31.5 Å². The lowest BCUT2D eigenvalue weighted by Crippen LogP contribution is -2.22. The molecule has 0 spiro atoms. The number of carbonyl (C=O) groups excluding carboxylic acids is 1. The van der Waals surface area contributed by atoms with Crippen LogP contribution in [0.5, 0.6) is 0 Å². The van der Waals surface area contributed by atoms with Crippen molar-refractivity contribution in [3.05, 3.63) is 40.6 Å².